The Morgan fingerprint density at radius 2 is 1.71 bits per heavy atom. The van der Waals surface area contributed by atoms with Crippen LogP contribution in [0, 0.1) is 0 Å². The van der Waals surface area contributed by atoms with Crippen molar-refractivity contribution in [3.05, 3.63) is 0 Å². The molecule has 0 spiro atoms. The molecule has 1 saturated carbocycles. The molecular weight excluding hydrogens is 261 g/mol. The van der Waals surface area contributed by atoms with Crippen LogP contribution in [0.5, 0.6) is 0 Å². The van der Waals surface area contributed by atoms with Crippen molar-refractivity contribution in [3.8, 4) is 0 Å². The molecule has 0 aromatic carbocycles. The molecule has 0 radical (unpaired) electrons. The number of rotatable bonds is 3. The van der Waals surface area contributed by atoms with Gasteiger partial charge < -0.3 is 16.8 Å². The van der Waals surface area contributed by atoms with Crippen LogP contribution in [0.15, 0.2) is 0 Å². The molecule has 1 fully saturated rings. The number of carbonyl (C=O) groups is 1. The summed E-state index contributed by atoms with van der Waals surface area (Å²) in [4.78, 5) is 11.9. The van der Waals surface area contributed by atoms with Crippen LogP contribution in [0.3, 0.4) is 0 Å². The number of hydrogen-bond acceptors (Lipinski definition) is 3. The number of halogens is 2. The lowest BCUT2D eigenvalue weighted by Gasteiger charge is -2.33. The summed E-state index contributed by atoms with van der Waals surface area (Å²) in [5.41, 5.74) is 10.9. The molecule has 0 saturated heterocycles. The zero-order valence-electron chi connectivity index (χ0n) is 10.6. The van der Waals surface area contributed by atoms with Gasteiger partial charge >= 0.3 is 0 Å². The van der Waals surface area contributed by atoms with Gasteiger partial charge in [-0.3, -0.25) is 4.79 Å². The Labute approximate surface area is 116 Å². The molecule has 1 aliphatic carbocycles. The molecule has 17 heavy (non-hydrogen) atoms. The minimum atomic E-state index is -0.649. The van der Waals surface area contributed by atoms with E-state index in [-0.39, 0.29) is 36.3 Å². The molecule has 0 aromatic heterocycles. The van der Waals surface area contributed by atoms with E-state index in [2.05, 4.69) is 5.32 Å². The second-order valence-electron chi connectivity index (χ2n) is 5.39. The van der Waals surface area contributed by atoms with Crippen LogP contribution in [0.25, 0.3) is 0 Å². The van der Waals surface area contributed by atoms with Crippen molar-refractivity contribution in [3.63, 3.8) is 0 Å². The Bertz CT molecular complexity index is 235. The Morgan fingerprint density at radius 1 is 1.24 bits per heavy atom. The predicted octanol–water partition coefficient (Wildman–Crippen LogP) is 1.35. The lowest BCUT2D eigenvalue weighted by atomic mass is 9.82. The maximum absolute atomic E-state index is 11.9. The Kier molecular flexibility index (Phi) is 8.42. The number of hydrogen-bond donors (Lipinski definition) is 3. The van der Waals surface area contributed by atoms with Gasteiger partial charge in [0.15, 0.2) is 0 Å². The average molecular weight is 286 g/mol. The minimum Gasteiger partial charge on any atom is -0.353 e. The molecule has 0 atom stereocenters. The van der Waals surface area contributed by atoms with E-state index in [0.717, 1.165) is 25.7 Å². The molecule has 104 valence electrons. The number of nitrogens with one attached hydrogen (secondary N) is 1. The predicted molar refractivity (Wildman–Crippen MR) is 75.8 cm³/mol. The summed E-state index contributed by atoms with van der Waals surface area (Å²) in [6, 6.07) is 0. The van der Waals surface area contributed by atoms with Crippen LogP contribution in [-0.4, -0.2) is 23.5 Å². The molecule has 0 aliphatic heterocycles. The maximum atomic E-state index is 11.9. The smallest absolute Gasteiger partial charge is 0.240 e. The first-order chi connectivity index (χ1) is 6.83. The van der Waals surface area contributed by atoms with Gasteiger partial charge in [0.25, 0.3) is 0 Å². The van der Waals surface area contributed by atoms with E-state index < -0.39 is 5.54 Å². The Morgan fingerprint density at radius 3 is 2.12 bits per heavy atom. The third kappa shape index (κ3) is 6.46. The van der Waals surface area contributed by atoms with Gasteiger partial charge in [-0.2, -0.15) is 0 Å². The van der Waals surface area contributed by atoms with E-state index in [1.54, 1.807) is 0 Å². The van der Waals surface area contributed by atoms with Gasteiger partial charge in [-0.25, -0.2) is 0 Å². The maximum Gasteiger partial charge on any atom is 0.240 e. The van der Waals surface area contributed by atoms with Gasteiger partial charge in [0.2, 0.25) is 5.91 Å². The van der Waals surface area contributed by atoms with E-state index in [1.165, 1.54) is 6.42 Å². The van der Waals surface area contributed by atoms with E-state index in [4.69, 9.17) is 11.5 Å². The molecule has 0 unspecified atom stereocenters. The van der Waals surface area contributed by atoms with E-state index in [1.807, 2.05) is 13.8 Å². The van der Waals surface area contributed by atoms with Crippen molar-refractivity contribution >= 4 is 30.7 Å². The summed E-state index contributed by atoms with van der Waals surface area (Å²) in [7, 11) is 0. The highest BCUT2D eigenvalue weighted by molar-refractivity contribution is 5.86. The molecule has 1 aliphatic rings. The molecule has 5 N–H and O–H groups in total. The molecule has 0 bridgehead atoms. The zero-order valence-corrected chi connectivity index (χ0v) is 12.3. The molecular formula is C11H25Cl2N3O. The Balaban J connectivity index is 0. The van der Waals surface area contributed by atoms with Crippen molar-refractivity contribution in [1.82, 2.24) is 5.32 Å². The molecule has 0 aromatic rings. The minimum absolute atomic E-state index is 0. The topological polar surface area (TPSA) is 81.1 Å². The van der Waals surface area contributed by atoms with Crippen LogP contribution in [0.4, 0.5) is 0 Å². The summed E-state index contributed by atoms with van der Waals surface area (Å²) >= 11 is 0. The Hall–Kier alpha value is -0.0300. The van der Waals surface area contributed by atoms with Crippen LogP contribution in [0.2, 0.25) is 0 Å². The third-order valence-electron chi connectivity index (χ3n) is 2.90. The zero-order chi connectivity index (χ0) is 11.5. The van der Waals surface area contributed by atoms with E-state index in [9.17, 15) is 4.79 Å². The highest BCUT2D eigenvalue weighted by Crippen LogP contribution is 2.25. The second-order valence-corrected chi connectivity index (χ2v) is 5.39. The first-order valence-electron chi connectivity index (χ1n) is 5.70. The summed E-state index contributed by atoms with van der Waals surface area (Å²) in [5.74, 6) is -0.0410. The van der Waals surface area contributed by atoms with Crippen LogP contribution in [0.1, 0.15) is 46.0 Å². The number of carbonyl (C=O) groups excluding carboxylic acids is 1. The van der Waals surface area contributed by atoms with Crippen molar-refractivity contribution in [2.75, 3.05) is 6.54 Å². The highest BCUT2D eigenvalue weighted by Gasteiger charge is 2.35. The largest absolute Gasteiger partial charge is 0.353 e. The highest BCUT2D eigenvalue weighted by atomic mass is 35.5. The van der Waals surface area contributed by atoms with Gasteiger partial charge in [-0.05, 0) is 26.7 Å². The van der Waals surface area contributed by atoms with Crippen molar-refractivity contribution in [2.45, 2.75) is 57.0 Å². The quantitative estimate of drug-likeness (QED) is 0.732. The van der Waals surface area contributed by atoms with Crippen molar-refractivity contribution < 1.29 is 4.79 Å². The van der Waals surface area contributed by atoms with Crippen molar-refractivity contribution in [1.29, 1.82) is 0 Å². The molecule has 1 amide bonds. The molecule has 1 rings (SSSR count). The third-order valence-corrected chi connectivity index (χ3v) is 2.90. The first-order valence-corrected chi connectivity index (χ1v) is 5.70. The summed E-state index contributed by atoms with van der Waals surface area (Å²) < 4.78 is 0. The fourth-order valence-corrected chi connectivity index (χ4v) is 1.89. The monoisotopic (exact) mass is 285 g/mol. The van der Waals surface area contributed by atoms with E-state index in [0.29, 0.717) is 6.54 Å². The van der Waals surface area contributed by atoms with E-state index >= 15 is 0 Å². The summed E-state index contributed by atoms with van der Waals surface area (Å²) in [6.07, 6.45) is 4.88. The summed E-state index contributed by atoms with van der Waals surface area (Å²) in [6.45, 7) is 4.25. The second kappa shape index (κ2) is 7.41. The van der Waals surface area contributed by atoms with Gasteiger partial charge in [-0.15, -0.1) is 24.8 Å². The lowest BCUT2D eigenvalue weighted by Crippen LogP contribution is -2.57. The average Bonchev–Trinajstić information content (AvgIpc) is 2.14. The van der Waals surface area contributed by atoms with Gasteiger partial charge in [0, 0.05) is 12.1 Å². The number of amides is 1. The molecule has 6 heteroatoms. The lowest BCUT2D eigenvalue weighted by molar-refractivity contribution is -0.127. The van der Waals surface area contributed by atoms with Crippen LogP contribution in [-0.2, 0) is 4.79 Å². The van der Waals surface area contributed by atoms with Crippen LogP contribution < -0.4 is 16.8 Å². The molecule has 0 heterocycles. The fourth-order valence-electron chi connectivity index (χ4n) is 1.89. The van der Waals surface area contributed by atoms with Gasteiger partial charge in [0.05, 0.1) is 5.54 Å². The van der Waals surface area contributed by atoms with Crippen molar-refractivity contribution in [2.24, 2.45) is 11.5 Å². The van der Waals surface area contributed by atoms with Gasteiger partial charge in [0.1, 0.15) is 0 Å². The number of nitrogens with two attached hydrogens (primary N) is 2. The first kappa shape index (κ1) is 19.3. The van der Waals surface area contributed by atoms with Crippen LogP contribution >= 0.6 is 24.8 Å². The molecule has 4 nitrogen and oxygen atoms in total. The SMILES string of the molecule is CC(C)(N)CNC(=O)C1(N)CCCCC1.Cl.Cl. The fraction of sp³-hybridized carbons (Fsp3) is 0.909. The summed E-state index contributed by atoms with van der Waals surface area (Å²) in [5, 5.41) is 2.84. The standard InChI is InChI=1S/C11H23N3O.2ClH/c1-10(2,12)8-14-9(15)11(13)6-4-3-5-7-11;;/h3-8,12-13H2,1-2H3,(H,14,15);2*1H. The normalized spacial score (nSPS) is 18.6. The van der Waals surface area contributed by atoms with Gasteiger partial charge in [-0.1, -0.05) is 19.3 Å².